The SMILES string of the molecule is O=C(O)CCC(=O)Nc1ccc2[nH]cc([C@H](C(=O)O)N3CCC(C(=O)O)CC3)c2c1. The third-order valence-corrected chi connectivity index (χ3v) is 5.34. The van der Waals surface area contributed by atoms with Crippen molar-refractivity contribution < 1.29 is 34.5 Å². The first-order valence-electron chi connectivity index (χ1n) is 9.58. The van der Waals surface area contributed by atoms with Gasteiger partial charge in [0.15, 0.2) is 0 Å². The van der Waals surface area contributed by atoms with E-state index in [1.165, 1.54) is 0 Å². The summed E-state index contributed by atoms with van der Waals surface area (Å²) >= 11 is 0. The van der Waals surface area contributed by atoms with Gasteiger partial charge < -0.3 is 25.6 Å². The molecule has 1 aliphatic heterocycles. The predicted octanol–water partition coefficient (Wildman–Crippen LogP) is 1.89. The van der Waals surface area contributed by atoms with Gasteiger partial charge in [0.2, 0.25) is 5.91 Å². The normalized spacial score (nSPS) is 16.3. The molecule has 2 aromatic rings. The van der Waals surface area contributed by atoms with Gasteiger partial charge in [-0.3, -0.25) is 24.1 Å². The van der Waals surface area contributed by atoms with Gasteiger partial charge in [-0.1, -0.05) is 0 Å². The van der Waals surface area contributed by atoms with E-state index in [4.69, 9.17) is 10.2 Å². The molecule has 1 atom stereocenters. The van der Waals surface area contributed by atoms with Crippen molar-refractivity contribution in [3.8, 4) is 0 Å². The predicted molar refractivity (Wildman–Crippen MR) is 106 cm³/mol. The molecular weight excluding hydrogens is 394 g/mol. The van der Waals surface area contributed by atoms with Gasteiger partial charge in [0, 0.05) is 47.9 Å². The summed E-state index contributed by atoms with van der Waals surface area (Å²) in [7, 11) is 0. The molecule has 3 rings (SSSR count). The number of benzene rings is 1. The van der Waals surface area contributed by atoms with Gasteiger partial charge >= 0.3 is 17.9 Å². The minimum atomic E-state index is -1.07. The summed E-state index contributed by atoms with van der Waals surface area (Å²) in [6.07, 6.45) is 1.93. The zero-order valence-corrected chi connectivity index (χ0v) is 16.1. The smallest absolute Gasteiger partial charge is 0.325 e. The van der Waals surface area contributed by atoms with Crippen molar-refractivity contribution in [3.05, 3.63) is 30.0 Å². The van der Waals surface area contributed by atoms with Crippen molar-refractivity contribution in [1.29, 1.82) is 0 Å². The van der Waals surface area contributed by atoms with Crippen molar-refractivity contribution >= 4 is 40.4 Å². The Labute approximate surface area is 171 Å². The lowest BCUT2D eigenvalue weighted by molar-refractivity contribution is -0.146. The van der Waals surface area contributed by atoms with Crippen LogP contribution in [0.15, 0.2) is 24.4 Å². The summed E-state index contributed by atoms with van der Waals surface area (Å²) in [5.41, 5.74) is 1.65. The number of anilines is 1. The quantitative estimate of drug-likeness (QED) is 0.435. The number of carboxylic acid groups (broad SMARTS) is 3. The van der Waals surface area contributed by atoms with E-state index >= 15 is 0 Å². The van der Waals surface area contributed by atoms with E-state index in [0.29, 0.717) is 48.1 Å². The molecule has 1 aliphatic rings. The summed E-state index contributed by atoms with van der Waals surface area (Å²) < 4.78 is 0. The molecule has 0 aliphatic carbocycles. The fourth-order valence-corrected chi connectivity index (χ4v) is 3.78. The third-order valence-electron chi connectivity index (χ3n) is 5.34. The molecule has 10 heteroatoms. The number of fused-ring (bicyclic) bond motifs is 1. The van der Waals surface area contributed by atoms with Crippen LogP contribution in [0.5, 0.6) is 0 Å². The number of carboxylic acids is 3. The van der Waals surface area contributed by atoms with Crippen LogP contribution in [0.25, 0.3) is 10.9 Å². The van der Waals surface area contributed by atoms with Crippen LogP contribution >= 0.6 is 0 Å². The Morgan fingerprint density at radius 2 is 1.80 bits per heavy atom. The summed E-state index contributed by atoms with van der Waals surface area (Å²) in [5, 5.41) is 31.0. The standard InChI is InChI=1S/C20H23N3O7/c24-16(3-4-17(25)26)22-12-1-2-15-13(9-12)14(10-21-15)18(20(29)30)23-7-5-11(6-8-23)19(27)28/h1-2,9-11,18,21H,3-8H2,(H,22,24)(H,25,26)(H,27,28)(H,29,30)/t18-/m1/s1. The van der Waals surface area contributed by atoms with Crippen molar-refractivity contribution in [3.63, 3.8) is 0 Å². The Balaban J connectivity index is 1.83. The van der Waals surface area contributed by atoms with Crippen molar-refractivity contribution in [1.82, 2.24) is 9.88 Å². The van der Waals surface area contributed by atoms with Gasteiger partial charge in [-0.05, 0) is 31.0 Å². The minimum absolute atomic E-state index is 0.163. The number of carbonyl (C=O) groups is 4. The number of H-pyrrole nitrogens is 1. The maximum Gasteiger partial charge on any atom is 0.325 e. The second-order valence-corrected chi connectivity index (χ2v) is 7.34. The molecule has 1 aromatic carbocycles. The van der Waals surface area contributed by atoms with Crippen LogP contribution in [0, 0.1) is 5.92 Å². The van der Waals surface area contributed by atoms with Crippen molar-refractivity contribution in [2.24, 2.45) is 5.92 Å². The lowest BCUT2D eigenvalue weighted by Crippen LogP contribution is -2.41. The Morgan fingerprint density at radius 3 is 2.40 bits per heavy atom. The molecule has 0 spiro atoms. The Bertz CT molecular complexity index is 976. The second kappa shape index (κ2) is 8.95. The third kappa shape index (κ3) is 4.77. The number of aromatic nitrogens is 1. The molecule has 2 heterocycles. The molecule has 0 bridgehead atoms. The molecule has 1 saturated heterocycles. The van der Waals surface area contributed by atoms with E-state index in [1.807, 2.05) is 0 Å². The van der Waals surface area contributed by atoms with Gasteiger partial charge in [0.25, 0.3) is 0 Å². The second-order valence-electron chi connectivity index (χ2n) is 7.34. The van der Waals surface area contributed by atoms with Gasteiger partial charge in [-0.15, -0.1) is 0 Å². The highest BCUT2D eigenvalue weighted by Gasteiger charge is 2.34. The van der Waals surface area contributed by atoms with Crippen LogP contribution in [-0.4, -0.2) is 62.1 Å². The maximum absolute atomic E-state index is 12.1. The number of nitrogens with zero attached hydrogens (tertiary/aromatic N) is 1. The van der Waals surface area contributed by atoms with Crippen LogP contribution in [0.1, 0.15) is 37.3 Å². The van der Waals surface area contributed by atoms with Crippen LogP contribution in [0.2, 0.25) is 0 Å². The summed E-state index contributed by atoms with van der Waals surface area (Å²) in [4.78, 5) is 50.6. The monoisotopic (exact) mass is 417 g/mol. The highest BCUT2D eigenvalue weighted by atomic mass is 16.4. The fraction of sp³-hybridized carbons (Fsp3) is 0.400. The average molecular weight is 417 g/mol. The zero-order valence-electron chi connectivity index (χ0n) is 16.1. The number of hydrogen-bond donors (Lipinski definition) is 5. The molecule has 0 saturated carbocycles. The molecule has 0 unspecified atom stereocenters. The number of carbonyl (C=O) groups excluding carboxylic acids is 1. The topological polar surface area (TPSA) is 160 Å². The maximum atomic E-state index is 12.1. The Hall–Kier alpha value is -3.40. The largest absolute Gasteiger partial charge is 0.481 e. The summed E-state index contributed by atoms with van der Waals surface area (Å²) in [6, 6.07) is 4.06. The average Bonchev–Trinajstić information content (AvgIpc) is 3.09. The van der Waals surface area contributed by atoms with Crippen molar-refractivity contribution in [2.75, 3.05) is 18.4 Å². The zero-order chi connectivity index (χ0) is 21.8. The van der Waals surface area contributed by atoms with Gasteiger partial charge in [0.1, 0.15) is 6.04 Å². The summed E-state index contributed by atoms with van der Waals surface area (Å²) in [5.74, 6) is -3.88. The number of aromatic amines is 1. The van der Waals surface area contributed by atoms with E-state index in [0.717, 1.165) is 0 Å². The number of rotatable bonds is 8. The summed E-state index contributed by atoms with van der Waals surface area (Å²) in [6.45, 7) is 0.707. The first-order valence-corrected chi connectivity index (χ1v) is 9.58. The first kappa shape index (κ1) is 21.3. The first-order chi connectivity index (χ1) is 14.3. The highest BCUT2D eigenvalue weighted by Crippen LogP contribution is 2.33. The van der Waals surface area contributed by atoms with Gasteiger partial charge in [0.05, 0.1) is 12.3 Å². The molecule has 1 amide bonds. The van der Waals surface area contributed by atoms with Crippen LogP contribution < -0.4 is 5.32 Å². The number of amides is 1. The number of aliphatic carboxylic acids is 3. The van der Waals surface area contributed by atoms with Crippen LogP contribution in [0.3, 0.4) is 0 Å². The Kier molecular flexibility index (Phi) is 6.36. The van der Waals surface area contributed by atoms with Gasteiger partial charge in [-0.2, -0.15) is 0 Å². The van der Waals surface area contributed by atoms with E-state index < -0.39 is 35.8 Å². The van der Waals surface area contributed by atoms with Gasteiger partial charge in [-0.25, -0.2) is 0 Å². The Morgan fingerprint density at radius 1 is 1.10 bits per heavy atom. The minimum Gasteiger partial charge on any atom is -0.481 e. The molecule has 0 radical (unpaired) electrons. The van der Waals surface area contributed by atoms with E-state index in [2.05, 4.69) is 10.3 Å². The molecule has 160 valence electrons. The number of piperidine rings is 1. The number of hydrogen-bond acceptors (Lipinski definition) is 5. The van der Waals surface area contributed by atoms with Crippen LogP contribution in [-0.2, 0) is 19.2 Å². The molecular formula is C20H23N3O7. The van der Waals surface area contributed by atoms with E-state index in [-0.39, 0.29) is 12.8 Å². The fourth-order valence-electron chi connectivity index (χ4n) is 3.78. The molecule has 5 N–H and O–H groups in total. The lowest BCUT2D eigenvalue weighted by atomic mass is 9.94. The molecule has 10 nitrogen and oxygen atoms in total. The highest BCUT2D eigenvalue weighted by molar-refractivity contribution is 5.96. The van der Waals surface area contributed by atoms with E-state index in [9.17, 15) is 24.3 Å². The lowest BCUT2D eigenvalue weighted by Gasteiger charge is -2.34. The van der Waals surface area contributed by atoms with Crippen molar-refractivity contribution in [2.45, 2.75) is 31.7 Å². The number of likely N-dealkylation sites (tertiary alicyclic amines) is 1. The molecule has 1 aromatic heterocycles. The number of nitrogens with one attached hydrogen (secondary N) is 2. The van der Waals surface area contributed by atoms with Crippen LogP contribution in [0.4, 0.5) is 5.69 Å². The molecule has 1 fully saturated rings. The molecule has 30 heavy (non-hydrogen) atoms. The van der Waals surface area contributed by atoms with E-state index in [1.54, 1.807) is 29.3 Å².